The average Bonchev–Trinajstić information content (AvgIpc) is 3.26. The van der Waals surface area contributed by atoms with Gasteiger partial charge in [-0.3, -0.25) is 4.21 Å². The van der Waals surface area contributed by atoms with Crippen molar-refractivity contribution in [1.82, 2.24) is 4.98 Å². The van der Waals surface area contributed by atoms with Crippen LogP contribution in [0, 0.1) is 35.2 Å². The second-order valence-electron chi connectivity index (χ2n) is 8.98. The maximum atomic E-state index is 14.7. The zero-order valence-corrected chi connectivity index (χ0v) is 19.7. The molecule has 36 heavy (non-hydrogen) atoms. The molecule has 0 N–H and O–H groups in total. The molecule has 1 saturated heterocycles. The largest absolute Gasteiger partial charge is 0.487 e. The predicted molar refractivity (Wildman–Crippen MR) is 122 cm³/mol. The van der Waals surface area contributed by atoms with Gasteiger partial charge in [-0.25, -0.2) is 18.2 Å². The Balaban J connectivity index is 1.20. The Labute approximate surface area is 205 Å². The lowest BCUT2D eigenvalue weighted by molar-refractivity contribution is -0.138. The van der Waals surface area contributed by atoms with Crippen molar-refractivity contribution in [3.05, 3.63) is 71.7 Å². The van der Waals surface area contributed by atoms with Crippen LogP contribution in [0.15, 0.2) is 53.6 Å². The number of nitrogens with zero attached hydrogens (tertiary/aromatic N) is 2. The van der Waals surface area contributed by atoms with Crippen LogP contribution in [-0.4, -0.2) is 35.1 Å². The summed E-state index contributed by atoms with van der Waals surface area (Å²) in [6.07, 6.45) is -2.53. The van der Waals surface area contributed by atoms with Crippen LogP contribution in [0.4, 0.5) is 32.2 Å². The zero-order chi connectivity index (χ0) is 25.8. The number of hydrogen-bond donors (Lipinski definition) is 0. The number of rotatable bonds is 6. The van der Waals surface area contributed by atoms with Crippen molar-refractivity contribution >= 4 is 16.6 Å². The lowest BCUT2D eigenvalue weighted by Crippen LogP contribution is -2.27. The maximum Gasteiger partial charge on any atom is 0.417 e. The van der Waals surface area contributed by atoms with E-state index in [2.05, 4.69) is 4.98 Å². The summed E-state index contributed by atoms with van der Waals surface area (Å²) in [4.78, 5) is 5.84. The number of anilines is 1. The number of hydrogen-bond acceptors (Lipinski definition) is 4. The molecule has 1 aromatic heterocycles. The van der Waals surface area contributed by atoms with Gasteiger partial charge in [0, 0.05) is 47.2 Å². The number of benzene rings is 2. The molecule has 190 valence electrons. The molecular weight excluding hydrogens is 506 g/mol. The second-order valence-corrected chi connectivity index (χ2v) is 10.4. The molecule has 11 heteroatoms. The van der Waals surface area contributed by atoms with E-state index >= 15 is 0 Å². The van der Waals surface area contributed by atoms with E-state index in [-0.39, 0.29) is 30.2 Å². The number of pyridine rings is 1. The van der Waals surface area contributed by atoms with Crippen LogP contribution in [0.25, 0.3) is 11.1 Å². The summed E-state index contributed by atoms with van der Waals surface area (Å²) in [5.41, 5.74) is -0.269. The Morgan fingerprint density at radius 2 is 1.58 bits per heavy atom. The van der Waals surface area contributed by atoms with Gasteiger partial charge in [-0.2, -0.15) is 13.2 Å². The van der Waals surface area contributed by atoms with Gasteiger partial charge in [-0.15, -0.1) is 0 Å². The number of aromatic nitrogens is 1. The van der Waals surface area contributed by atoms with Crippen molar-refractivity contribution < 1.29 is 35.3 Å². The van der Waals surface area contributed by atoms with E-state index in [4.69, 9.17) is 4.74 Å². The molecule has 1 aliphatic carbocycles. The van der Waals surface area contributed by atoms with Crippen LogP contribution in [0.3, 0.4) is 0 Å². The van der Waals surface area contributed by atoms with Crippen LogP contribution in [0.1, 0.15) is 5.56 Å². The molecule has 2 fully saturated rings. The molecule has 2 heterocycles. The van der Waals surface area contributed by atoms with Gasteiger partial charge >= 0.3 is 6.18 Å². The summed E-state index contributed by atoms with van der Waals surface area (Å²) in [6.45, 7) is 0.809. The zero-order valence-electron chi connectivity index (χ0n) is 18.9. The molecule has 3 aromatic rings. The fourth-order valence-electron chi connectivity index (χ4n) is 4.77. The fraction of sp³-hybridized carbons (Fsp3) is 0.320. The number of alkyl halides is 3. The van der Waals surface area contributed by atoms with Crippen molar-refractivity contribution in [2.24, 2.45) is 17.8 Å². The van der Waals surface area contributed by atoms with E-state index in [1.165, 1.54) is 18.4 Å². The van der Waals surface area contributed by atoms with E-state index in [0.29, 0.717) is 41.4 Å². The van der Waals surface area contributed by atoms with Gasteiger partial charge in [0.15, 0.2) is 29.0 Å². The lowest BCUT2D eigenvalue weighted by Gasteiger charge is -2.22. The van der Waals surface area contributed by atoms with Crippen molar-refractivity contribution in [3.8, 4) is 16.9 Å². The van der Waals surface area contributed by atoms with Crippen molar-refractivity contribution in [3.63, 3.8) is 0 Å². The molecule has 0 spiro atoms. The normalized spacial score (nSPS) is 21.9. The number of halogens is 6. The van der Waals surface area contributed by atoms with Gasteiger partial charge in [-0.05, 0) is 53.3 Å². The van der Waals surface area contributed by atoms with Gasteiger partial charge in [0.05, 0.1) is 12.2 Å². The van der Waals surface area contributed by atoms with Crippen LogP contribution in [0.2, 0.25) is 0 Å². The van der Waals surface area contributed by atoms with Crippen LogP contribution < -0.4 is 9.64 Å². The molecule has 3 atom stereocenters. The van der Waals surface area contributed by atoms with E-state index in [0.717, 1.165) is 0 Å². The SMILES string of the molecule is CS(=O)c1ccc(-c2cc(F)c(OCC3C4CN(c5ncc(C(F)(F)F)cc5F)CC34)c(F)c2)cc1. The monoisotopic (exact) mass is 526 g/mol. The first-order chi connectivity index (χ1) is 17.0. The quantitative estimate of drug-likeness (QED) is 0.388. The third-order valence-corrected chi connectivity index (χ3v) is 7.69. The van der Waals surface area contributed by atoms with Gasteiger partial charge in [0.25, 0.3) is 0 Å². The molecule has 4 nitrogen and oxygen atoms in total. The predicted octanol–water partition coefficient (Wildman–Crippen LogP) is 5.68. The van der Waals surface area contributed by atoms with E-state index in [9.17, 15) is 30.6 Å². The topological polar surface area (TPSA) is 42.4 Å². The van der Waals surface area contributed by atoms with Gasteiger partial charge in [0.2, 0.25) is 0 Å². The standard InChI is InChI=1S/C25H20F6N2O2S/c1-36(34)16-4-2-13(3-5-16)14-6-20(26)23(21(27)7-14)35-12-19-17-10-33(11-18(17)19)24-22(28)8-15(9-32-24)25(29,30)31/h2-9,17-19H,10-12H2,1H3. The first-order valence-corrected chi connectivity index (χ1v) is 12.6. The highest BCUT2D eigenvalue weighted by atomic mass is 32.2. The minimum absolute atomic E-state index is 0.000283. The van der Waals surface area contributed by atoms with Crippen LogP contribution in [0.5, 0.6) is 5.75 Å². The molecule has 0 amide bonds. The van der Waals surface area contributed by atoms with Gasteiger partial charge in [-0.1, -0.05) is 12.1 Å². The lowest BCUT2D eigenvalue weighted by atomic mass is 10.1. The molecule has 5 rings (SSSR count). The summed E-state index contributed by atoms with van der Waals surface area (Å²) < 4.78 is 98.7. The molecule has 0 bridgehead atoms. The number of fused-ring (bicyclic) bond motifs is 1. The highest BCUT2D eigenvalue weighted by molar-refractivity contribution is 7.84. The van der Waals surface area contributed by atoms with Crippen molar-refractivity contribution in [1.29, 1.82) is 0 Å². The summed E-state index contributed by atoms with van der Waals surface area (Å²) >= 11 is 0. The fourth-order valence-corrected chi connectivity index (χ4v) is 5.29. The molecule has 2 aromatic carbocycles. The molecule has 1 aliphatic heterocycles. The van der Waals surface area contributed by atoms with E-state index in [1.54, 1.807) is 29.2 Å². The summed E-state index contributed by atoms with van der Waals surface area (Å²) in [5.74, 6) is -3.22. The second kappa shape index (κ2) is 9.10. The number of ether oxygens (including phenoxy) is 1. The molecule has 0 radical (unpaired) electrons. The molecular formula is C25H20F6N2O2S. The average molecular weight is 527 g/mol. The Kier molecular flexibility index (Phi) is 6.22. The van der Waals surface area contributed by atoms with Gasteiger partial charge in [0.1, 0.15) is 0 Å². The third-order valence-electron chi connectivity index (χ3n) is 6.76. The van der Waals surface area contributed by atoms with Crippen LogP contribution >= 0.6 is 0 Å². The smallest absolute Gasteiger partial charge is 0.417 e. The summed E-state index contributed by atoms with van der Waals surface area (Å²) in [5, 5.41) is 0. The first kappa shape index (κ1) is 24.6. The van der Waals surface area contributed by atoms with E-state index in [1.807, 2.05) is 0 Å². The van der Waals surface area contributed by atoms with Crippen LogP contribution in [-0.2, 0) is 17.0 Å². The highest BCUT2D eigenvalue weighted by Crippen LogP contribution is 2.53. The molecule has 3 unspecified atom stereocenters. The third kappa shape index (κ3) is 4.68. The first-order valence-electron chi connectivity index (χ1n) is 11.1. The maximum absolute atomic E-state index is 14.7. The molecule has 1 saturated carbocycles. The van der Waals surface area contributed by atoms with E-state index < -0.39 is 45.7 Å². The Bertz CT molecular complexity index is 1300. The van der Waals surface area contributed by atoms with Crippen molar-refractivity contribution in [2.75, 3.05) is 30.9 Å². The Hall–Kier alpha value is -3.08. The van der Waals surface area contributed by atoms with Gasteiger partial charge < -0.3 is 9.64 Å². The summed E-state index contributed by atoms with van der Waals surface area (Å²) in [7, 11) is -1.16. The van der Waals surface area contributed by atoms with Crippen molar-refractivity contribution in [2.45, 2.75) is 11.1 Å². The minimum Gasteiger partial charge on any atom is -0.487 e. The summed E-state index contributed by atoms with van der Waals surface area (Å²) in [6, 6.07) is 9.31. The minimum atomic E-state index is -4.67. The Morgan fingerprint density at radius 3 is 2.11 bits per heavy atom. The number of piperidine rings is 1. The highest BCUT2D eigenvalue weighted by Gasteiger charge is 2.56. The Morgan fingerprint density at radius 1 is 0.972 bits per heavy atom. The molecule has 2 aliphatic rings.